The standard InChI is InChI=1S/C9H9N3/c1-2-7-12(6-1)8-9-10-4-3-5-11-9/h1-7H,8H2. The Kier molecular flexibility index (Phi) is 1.86. The maximum Gasteiger partial charge on any atom is 0.147 e. The van der Waals surface area contributed by atoms with Crippen LogP contribution in [0, 0.1) is 0 Å². The van der Waals surface area contributed by atoms with E-state index in [1.54, 1.807) is 12.4 Å². The topological polar surface area (TPSA) is 30.7 Å². The van der Waals surface area contributed by atoms with E-state index in [0.717, 1.165) is 12.4 Å². The Morgan fingerprint density at radius 2 is 1.67 bits per heavy atom. The summed E-state index contributed by atoms with van der Waals surface area (Å²) in [6, 6.07) is 5.80. The van der Waals surface area contributed by atoms with Crippen LogP contribution in [0.3, 0.4) is 0 Å². The lowest BCUT2D eigenvalue weighted by Crippen LogP contribution is -2.00. The highest BCUT2D eigenvalue weighted by molar-refractivity contribution is 4.95. The average Bonchev–Trinajstić information content (AvgIpc) is 2.59. The van der Waals surface area contributed by atoms with E-state index in [1.807, 2.05) is 35.2 Å². The van der Waals surface area contributed by atoms with Crippen LogP contribution >= 0.6 is 0 Å². The van der Waals surface area contributed by atoms with Crippen molar-refractivity contribution < 1.29 is 0 Å². The molecular weight excluding hydrogens is 150 g/mol. The zero-order valence-electron chi connectivity index (χ0n) is 6.59. The second-order valence-electron chi connectivity index (χ2n) is 2.52. The van der Waals surface area contributed by atoms with Gasteiger partial charge in [0.2, 0.25) is 0 Å². The Balaban J connectivity index is 2.15. The van der Waals surface area contributed by atoms with E-state index in [0.29, 0.717) is 0 Å². The molecule has 2 aromatic rings. The fraction of sp³-hybridized carbons (Fsp3) is 0.111. The molecule has 0 aliphatic rings. The van der Waals surface area contributed by atoms with Crippen molar-refractivity contribution in [1.82, 2.24) is 14.5 Å². The quantitative estimate of drug-likeness (QED) is 0.661. The summed E-state index contributed by atoms with van der Waals surface area (Å²) in [5.74, 6) is 0.841. The molecule has 0 aliphatic heterocycles. The summed E-state index contributed by atoms with van der Waals surface area (Å²) >= 11 is 0. The molecule has 2 heterocycles. The van der Waals surface area contributed by atoms with Crippen molar-refractivity contribution in [2.24, 2.45) is 0 Å². The maximum atomic E-state index is 4.12. The second-order valence-corrected chi connectivity index (χ2v) is 2.52. The molecule has 0 radical (unpaired) electrons. The largest absolute Gasteiger partial charge is 0.347 e. The summed E-state index contributed by atoms with van der Waals surface area (Å²) in [5.41, 5.74) is 0. The zero-order chi connectivity index (χ0) is 8.23. The second kappa shape index (κ2) is 3.17. The first-order chi connectivity index (χ1) is 5.95. The van der Waals surface area contributed by atoms with Crippen LogP contribution in [0.5, 0.6) is 0 Å². The van der Waals surface area contributed by atoms with Crippen LogP contribution in [0.4, 0.5) is 0 Å². The highest BCUT2D eigenvalue weighted by Crippen LogP contribution is 1.95. The van der Waals surface area contributed by atoms with Crippen LogP contribution in [0.25, 0.3) is 0 Å². The van der Waals surface area contributed by atoms with Gasteiger partial charge in [-0.2, -0.15) is 0 Å². The third kappa shape index (κ3) is 1.50. The molecule has 0 bridgehead atoms. The van der Waals surface area contributed by atoms with Gasteiger partial charge in [-0.15, -0.1) is 0 Å². The van der Waals surface area contributed by atoms with Gasteiger partial charge in [0.25, 0.3) is 0 Å². The van der Waals surface area contributed by atoms with E-state index in [2.05, 4.69) is 9.97 Å². The van der Waals surface area contributed by atoms with Crippen molar-refractivity contribution in [3.8, 4) is 0 Å². The highest BCUT2D eigenvalue weighted by Gasteiger charge is 1.93. The fourth-order valence-electron chi connectivity index (χ4n) is 1.05. The Morgan fingerprint density at radius 3 is 2.33 bits per heavy atom. The molecule has 0 atom stereocenters. The van der Waals surface area contributed by atoms with Crippen molar-refractivity contribution in [3.05, 3.63) is 48.8 Å². The molecule has 0 saturated carbocycles. The molecule has 0 aromatic carbocycles. The van der Waals surface area contributed by atoms with Crippen molar-refractivity contribution >= 4 is 0 Å². The molecule has 60 valence electrons. The number of nitrogens with zero attached hydrogens (tertiary/aromatic N) is 3. The Labute approximate surface area is 70.7 Å². The first-order valence-electron chi connectivity index (χ1n) is 3.82. The molecule has 12 heavy (non-hydrogen) atoms. The molecule has 0 amide bonds. The van der Waals surface area contributed by atoms with Gasteiger partial charge < -0.3 is 4.57 Å². The summed E-state index contributed by atoms with van der Waals surface area (Å²) in [6.45, 7) is 0.744. The Morgan fingerprint density at radius 1 is 1.00 bits per heavy atom. The number of hydrogen-bond acceptors (Lipinski definition) is 2. The predicted molar refractivity (Wildman–Crippen MR) is 45.6 cm³/mol. The smallest absolute Gasteiger partial charge is 0.147 e. The van der Waals surface area contributed by atoms with Crippen LogP contribution in [0.1, 0.15) is 5.82 Å². The number of aromatic nitrogens is 3. The molecule has 2 rings (SSSR count). The Hall–Kier alpha value is -1.64. The summed E-state index contributed by atoms with van der Waals surface area (Å²) in [4.78, 5) is 8.24. The normalized spacial score (nSPS) is 10.0. The monoisotopic (exact) mass is 159 g/mol. The summed E-state index contributed by atoms with van der Waals surface area (Å²) < 4.78 is 2.04. The van der Waals surface area contributed by atoms with Gasteiger partial charge in [-0.05, 0) is 18.2 Å². The fourth-order valence-corrected chi connectivity index (χ4v) is 1.05. The molecule has 2 aromatic heterocycles. The highest BCUT2D eigenvalue weighted by atomic mass is 15.0. The molecular formula is C9H9N3. The van der Waals surface area contributed by atoms with Crippen LogP contribution in [0.15, 0.2) is 43.0 Å². The van der Waals surface area contributed by atoms with E-state index in [4.69, 9.17) is 0 Å². The molecule has 0 unspecified atom stereocenters. The SMILES string of the molecule is c1cnc(Cn2cccc2)nc1. The van der Waals surface area contributed by atoms with Gasteiger partial charge in [0.15, 0.2) is 0 Å². The molecule has 0 aliphatic carbocycles. The van der Waals surface area contributed by atoms with Crippen LogP contribution in [-0.4, -0.2) is 14.5 Å². The Bertz CT molecular complexity index is 326. The lowest BCUT2D eigenvalue weighted by atomic mass is 10.5. The van der Waals surface area contributed by atoms with Gasteiger partial charge in [-0.3, -0.25) is 0 Å². The van der Waals surface area contributed by atoms with E-state index in [9.17, 15) is 0 Å². The molecule has 3 heteroatoms. The minimum absolute atomic E-state index is 0.744. The van der Waals surface area contributed by atoms with E-state index in [-0.39, 0.29) is 0 Å². The van der Waals surface area contributed by atoms with E-state index in [1.165, 1.54) is 0 Å². The van der Waals surface area contributed by atoms with Crippen molar-refractivity contribution in [3.63, 3.8) is 0 Å². The molecule has 3 nitrogen and oxygen atoms in total. The van der Waals surface area contributed by atoms with Crippen molar-refractivity contribution in [2.75, 3.05) is 0 Å². The summed E-state index contributed by atoms with van der Waals surface area (Å²) in [7, 11) is 0. The minimum atomic E-state index is 0.744. The molecule has 0 spiro atoms. The lowest BCUT2D eigenvalue weighted by Gasteiger charge is -1.99. The number of hydrogen-bond donors (Lipinski definition) is 0. The van der Waals surface area contributed by atoms with Gasteiger partial charge >= 0.3 is 0 Å². The minimum Gasteiger partial charge on any atom is -0.347 e. The van der Waals surface area contributed by atoms with Crippen molar-refractivity contribution in [1.29, 1.82) is 0 Å². The lowest BCUT2D eigenvalue weighted by molar-refractivity contribution is 0.749. The third-order valence-corrected chi connectivity index (χ3v) is 1.61. The van der Waals surface area contributed by atoms with Crippen LogP contribution in [0.2, 0.25) is 0 Å². The van der Waals surface area contributed by atoms with Crippen LogP contribution in [-0.2, 0) is 6.54 Å². The van der Waals surface area contributed by atoms with Crippen molar-refractivity contribution in [2.45, 2.75) is 6.54 Å². The van der Waals surface area contributed by atoms with E-state index < -0.39 is 0 Å². The molecule has 0 N–H and O–H groups in total. The first-order valence-corrected chi connectivity index (χ1v) is 3.82. The van der Waals surface area contributed by atoms with Crippen LogP contribution < -0.4 is 0 Å². The molecule has 0 saturated heterocycles. The maximum absolute atomic E-state index is 4.12. The van der Waals surface area contributed by atoms with Gasteiger partial charge in [0, 0.05) is 24.8 Å². The van der Waals surface area contributed by atoms with Gasteiger partial charge in [-0.1, -0.05) is 0 Å². The van der Waals surface area contributed by atoms with E-state index >= 15 is 0 Å². The van der Waals surface area contributed by atoms with Gasteiger partial charge in [-0.25, -0.2) is 9.97 Å². The number of rotatable bonds is 2. The van der Waals surface area contributed by atoms with Gasteiger partial charge in [0.05, 0.1) is 6.54 Å². The molecule has 0 fully saturated rings. The summed E-state index contributed by atoms with van der Waals surface area (Å²) in [6.07, 6.45) is 7.50. The first kappa shape index (κ1) is 7.03. The third-order valence-electron chi connectivity index (χ3n) is 1.61. The summed E-state index contributed by atoms with van der Waals surface area (Å²) in [5, 5.41) is 0. The predicted octanol–water partition coefficient (Wildman–Crippen LogP) is 1.33. The van der Waals surface area contributed by atoms with Gasteiger partial charge in [0.1, 0.15) is 5.82 Å². The average molecular weight is 159 g/mol. The zero-order valence-corrected chi connectivity index (χ0v) is 6.59.